The minimum Gasteiger partial charge on any atom is -0.336 e. The Morgan fingerprint density at radius 2 is 2.00 bits per heavy atom. The van der Waals surface area contributed by atoms with Gasteiger partial charge in [-0.2, -0.15) is 0 Å². The summed E-state index contributed by atoms with van der Waals surface area (Å²) in [5, 5.41) is 5.65. The summed E-state index contributed by atoms with van der Waals surface area (Å²) in [6.45, 7) is 4.56. The summed E-state index contributed by atoms with van der Waals surface area (Å²) < 4.78 is 0. The van der Waals surface area contributed by atoms with Gasteiger partial charge in [-0.15, -0.1) is 0 Å². The second kappa shape index (κ2) is 5.02. The van der Waals surface area contributed by atoms with Crippen molar-refractivity contribution in [2.75, 3.05) is 19.6 Å². The van der Waals surface area contributed by atoms with Gasteiger partial charge in [0.25, 0.3) is 5.91 Å². The predicted octanol–water partition coefficient (Wildman–Crippen LogP) is 2.27. The monoisotopic (exact) mass is 254 g/mol. The van der Waals surface area contributed by atoms with E-state index in [4.69, 9.17) is 0 Å². The molecule has 19 heavy (non-hydrogen) atoms. The molecule has 3 rings (SSSR count). The van der Waals surface area contributed by atoms with E-state index < -0.39 is 0 Å². The van der Waals surface area contributed by atoms with Gasteiger partial charge in [0.2, 0.25) is 0 Å². The Morgan fingerprint density at radius 3 is 2.79 bits per heavy atom. The third-order valence-electron chi connectivity index (χ3n) is 3.65. The van der Waals surface area contributed by atoms with Gasteiger partial charge in [0.15, 0.2) is 0 Å². The maximum absolute atomic E-state index is 12.5. The first kappa shape index (κ1) is 12.2. The zero-order chi connectivity index (χ0) is 13.2. The van der Waals surface area contributed by atoms with Gasteiger partial charge in [-0.25, -0.2) is 0 Å². The summed E-state index contributed by atoms with van der Waals surface area (Å²) in [6.07, 6.45) is 0. The highest BCUT2D eigenvalue weighted by atomic mass is 16.2. The van der Waals surface area contributed by atoms with Crippen LogP contribution in [-0.2, 0) is 0 Å². The van der Waals surface area contributed by atoms with Crippen LogP contribution in [-0.4, -0.2) is 36.5 Å². The third kappa shape index (κ3) is 2.47. The largest absolute Gasteiger partial charge is 0.336 e. The molecule has 1 fully saturated rings. The molecule has 1 heterocycles. The fourth-order valence-electron chi connectivity index (χ4n) is 2.62. The van der Waals surface area contributed by atoms with E-state index in [9.17, 15) is 4.79 Å². The standard InChI is InChI=1S/C16H18N2O/c1-12-11-18(9-8-17-12)16(19)15-7-6-13-4-2-3-5-14(13)10-15/h2-7,10,12,17H,8-9,11H2,1H3/t12-/m0/s1. The van der Waals surface area contributed by atoms with Gasteiger partial charge < -0.3 is 10.2 Å². The molecule has 2 aromatic rings. The number of rotatable bonds is 1. The van der Waals surface area contributed by atoms with Crippen LogP contribution in [0.3, 0.4) is 0 Å². The fourth-order valence-corrected chi connectivity index (χ4v) is 2.62. The van der Waals surface area contributed by atoms with E-state index in [1.54, 1.807) is 0 Å². The number of carbonyl (C=O) groups is 1. The van der Waals surface area contributed by atoms with Gasteiger partial charge in [-0.3, -0.25) is 4.79 Å². The van der Waals surface area contributed by atoms with E-state index in [1.807, 2.05) is 41.3 Å². The van der Waals surface area contributed by atoms with Crippen molar-refractivity contribution >= 4 is 16.7 Å². The highest BCUT2D eigenvalue weighted by Gasteiger charge is 2.21. The maximum atomic E-state index is 12.5. The number of hydrogen-bond acceptors (Lipinski definition) is 2. The van der Waals surface area contributed by atoms with E-state index in [-0.39, 0.29) is 5.91 Å². The van der Waals surface area contributed by atoms with E-state index >= 15 is 0 Å². The molecule has 3 heteroatoms. The Hall–Kier alpha value is -1.87. The Morgan fingerprint density at radius 1 is 1.21 bits per heavy atom. The zero-order valence-corrected chi connectivity index (χ0v) is 11.1. The Labute approximate surface area is 113 Å². The first-order valence-corrected chi connectivity index (χ1v) is 6.75. The van der Waals surface area contributed by atoms with E-state index in [0.29, 0.717) is 6.04 Å². The molecule has 0 aliphatic carbocycles. The number of nitrogens with zero attached hydrogens (tertiary/aromatic N) is 1. The van der Waals surface area contributed by atoms with Gasteiger partial charge >= 0.3 is 0 Å². The quantitative estimate of drug-likeness (QED) is 0.846. The van der Waals surface area contributed by atoms with E-state index in [0.717, 1.165) is 30.6 Å². The normalized spacial score (nSPS) is 19.6. The molecule has 1 saturated heterocycles. The molecule has 1 atom stereocenters. The van der Waals surface area contributed by atoms with Gasteiger partial charge in [-0.1, -0.05) is 30.3 Å². The summed E-state index contributed by atoms with van der Waals surface area (Å²) in [4.78, 5) is 14.4. The first-order valence-electron chi connectivity index (χ1n) is 6.75. The Balaban J connectivity index is 1.88. The molecule has 0 spiro atoms. The lowest BCUT2D eigenvalue weighted by molar-refractivity contribution is 0.0709. The van der Waals surface area contributed by atoms with Crippen molar-refractivity contribution in [3.8, 4) is 0 Å². The van der Waals surface area contributed by atoms with Crippen LogP contribution in [0.2, 0.25) is 0 Å². The molecule has 1 N–H and O–H groups in total. The molecule has 1 aliphatic rings. The van der Waals surface area contributed by atoms with Crippen molar-refractivity contribution in [2.45, 2.75) is 13.0 Å². The number of fused-ring (bicyclic) bond motifs is 1. The number of carbonyl (C=O) groups excluding carboxylic acids is 1. The maximum Gasteiger partial charge on any atom is 0.253 e. The smallest absolute Gasteiger partial charge is 0.253 e. The van der Waals surface area contributed by atoms with Gasteiger partial charge in [0.1, 0.15) is 0 Å². The highest BCUT2D eigenvalue weighted by Crippen LogP contribution is 2.17. The number of nitrogens with one attached hydrogen (secondary N) is 1. The molecule has 3 nitrogen and oxygen atoms in total. The van der Waals surface area contributed by atoms with Crippen molar-refractivity contribution in [1.82, 2.24) is 10.2 Å². The lowest BCUT2D eigenvalue weighted by Gasteiger charge is -2.32. The SMILES string of the molecule is C[C@H]1CN(C(=O)c2ccc3ccccc3c2)CCN1. The van der Waals surface area contributed by atoms with Crippen LogP contribution in [0.5, 0.6) is 0 Å². The molecular weight excluding hydrogens is 236 g/mol. The van der Waals surface area contributed by atoms with Crippen LogP contribution in [0, 0.1) is 0 Å². The minimum absolute atomic E-state index is 0.138. The molecule has 2 aromatic carbocycles. The lowest BCUT2D eigenvalue weighted by atomic mass is 10.1. The summed E-state index contributed by atoms with van der Waals surface area (Å²) in [5.41, 5.74) is 0.785. The molecular formula is C16H18N2O. The molecule has 1 amide bonds. The van der Waals surface area contributed by atoms with Gasteiger partial charge in [-0.05, 0) is 29.8 Å². The van der Waals surface area contributed by atoms with Crippen LogP contribution in [0.1, 0.15) is 17.3 Å². The first-order chi connectivity index (χ1) is 9.24. The van der Waals surface area contributed by atoms with Gasteiger partial charge in [0, 0.05) is 31.2 Å². The highest BCUT2D eigenvalue weighted by molar-refractivity contribution is 5.98. The van der Waals surface area contributed by atoms with Gasteiger partial charge in [0.05, 0.1) is 0 Å². The van der Waals surface area contributed by atoms with Crippen LogP contribution in [0.4, 0.5) is 0 Å². The molecule has 0 radical (unpaired) electrons. The summed E-state index contributed by atoms with van der Waals surface area (Å²) in [7, 11) is 0. The zero-order valence-electron chi connectivity index (χ0n) is 11.1. The number of hydrogen-bond donors (Lipinski definition) is 1. The number of piperazine rings is 1. The Kier molecular flexibility index (Phi) is 3.22. The van der Waals surface area contributed by atoms with Crippen LogP contribution < -0.4 is 5.32 Å². The second-order valence-electron chi connectivity index (χ2n) is 5.17. The minimum atomic E-state index is 0.138. The molecule has 0 aromatic heterocycles. The lowest BCUT2D eigenvalue weighted by Crippen LogP contribution is -2.51. The second-order valence-corrected chi connectivity index (χ2v) is 5.17. The summed E-state index contributed by atoms with van der Waals surface area (Å²) >= 11 is 0. The van der Waals surface area contributed by atoms with E-state index in [1.165, 1.54) is 5.39 Å². The molecule has 98 valence electrons. The summed E-state index contributed by atoms with van der Waals surface area (Å²) in [5.74, 6) is 0.138. The predicted molar refractivity (Wildman–Crippen MR) is 77.3 cm³/mol. The Bertz CT molecular complexity index is 608. The number of benzene rings is 2. The van der Waals surface area contributed by atoms with Crippen LogP contribution >= 0.6 is 0 Å². The molecule has 1 aliphatic heterocycles. The van der Waals surface area contributed by atoms with Crippen molar-refractivity contribution in [1.29, 1.82) is 0 Å². The van der Waals surface area contributed by atoms with Crippen molar-refractivity contribution in [3.05, 3.63) is 48.0 Å². The third-order valence-corrected chi connectivity index (χ3v) is 3.65. The molecule has 0 bridgehead atoms. The van der Waals surface area contributed by atoms with Crippen molar-refractivity contribution < 1.29 is 4.79 Å². The molecule has 0 unspecified atom stereocenters. The van der Waals surface area contributed by atoms with Crippen molar-refractivity contribution in [2.24, 2.45) is 0 Å². The number of amides is 1. The topological polar surface area (TPSA) is 32.3 Å². The van der Waals surface area contributed by atoms with Crippen molar-refractivity contribution in [3.63, 3.8) is 0 Å². The fraction of sp³-hybridized carbons (Fsp3) is 0.312. The average molecular weight is 254 g/mol. The average Bonchev–Trinajstić information content (AvgIpc) is 2.46. The summed E-state index contributed by atoms with van der Waals surface area (Å²) in [6, 6.07) is 14.4. The van der Waals surface area contributed by atoms with Crippen LogP contribution in [0.15, 0.2) is 42.5 Å². The van der Waals surface area contributed by atoms with Crippen LogP contribution in [0.25, 0.3) is 10.8 Å². The van der Waals surface area contributed by atoms with E-state index in [2.05, 4.69) is 18.3 Å². The molecule has 0 saturated carbocycles.